The Morgan fingerprint density at radius 2 is 1.90 bits per heavy atom. The highest BCUT2D eigenvalue weighted by molar-refractivity contribution is 5.76. The highest BCUT2D eigenvalue weighted by atomic mass is 16.2. The van der Waals surface area contributed by atoms with Gasteiger partial charge in [-0.05, 0) is 42.7 Å². The molecule has 0 saturated heterocycles. The lowest BCUT2D eigenvalue weighted by molar-refractivity contribution is -0.129. The van der Waals surface area contributed by atoms with Crippen LogP contribution in [0.2, 0.25) is 0 Å². The van der Waals surface area contributed by atoms with Crippen LogP contribution in [0.15, 0.2) is 48.9 Å². The predicted molar refractivity (Wildman–Crippen MR) is 78.1 cm³/mol. The van der Waals surface area contributed by atoms with Crippen LogP contribution >= 0.6 is 0 Å². The van der Waals surface area contributed by atoms with Gasteiger partial charge in [0.05, 0.1) is 0 Å². The molecule has 4 heteroatoms. The normalized spacial score (nSPS) is 10.2. The van der Waals surface area contributed by atoms with Gasteiger partial charge in [0, 0.05) is 44.3 Å². The molecule has 104 valence electrons. The second-order valence-electron chi connectivity index (χ2n) is 4.74. The molecule has 0 spiro atoms. The van der Waals surface area contributed by atoms with Gasteiger partial charge < -0.3 is 4.90 Å². The molecule has 2 heterocycles. The van der Waals surface area contributed by atoms with E-state index in [1.165, 1.54) is 5.56 Å². The van der Waals surface area contributed by atoms with Gasteiger partial charge in [-0.2, -0.15) is 0 Å². The van der Waals surface area contributed by atoms with Crippen LogP contribution in [0.4, 0.5) is 0 Å². The van der Waals surface area contributed by atoms with Crippen molar-refractivity contribution in [2.75, 3.05) is 13.6 Å². The minimum atomic E-state index is 0.157. The van der Waals surface area contributed by atoms with E-state index in [4.69, 9.17) is 0 Å². The van der Waals surface area contributed by atoms with E-state index >= 15 is 0 Å². The van der Waals surface area contributed by atoms with Crippen LogP contribution in [-0.2, 0) is 17.6 Å². The molecule has 1 amide bonds. The van der Waals surface area contributed by atoms with E-state index in [2.05, 4.69) is 9.97 Å². The van der Waals surface area contributed by atoms with Crippen LogP contribution in [0.5, 0.6) is 0 Å². The zero-order valence-electron chi connectivity index (χ0n) is 11.7. The molecule has 0 unspecified atom stereocenters. The fourth-order valence-electron chi connectivity index (χ4n) is 1.94. The largest absolute Gasteiger partial charge is 0.345 e. The van der Waals surface area contributed by atoms with Crippen molar-refractivity contribution in [3.8, 4) is 0 Å². The molecule has 0 fully saturated rings. The van der Waals surface area contributed by atoms with E-state index in [0.29, 0.717) is 12.8 Å². The van der Waals surface area contributed by atoms with Gasteiger partial charge in [0.15, 0.2) is 0 Å². The maximum absolute atomic E-state index is 12.0. The van der Waals surface area contributed by atoms with Crippen molar-refractivity contribution in [1.82, 2.24) is 14.9 Å². The number of aromatic nitrogens is 2. The molecule has 0 N–H and O–H groups in total. The van der Waals surface area contributed by atoms with E-state index in [1.807, 2.05) is 37.4 Å². The van der Waals surface area contributed by atoms with Crippen molar-refractivity contribution in [1.29, 1.82) is 0 Å². The Bertz CT molecular complexity index is 528. The minimum absolute atomic E-state index is 0.157. The molecular weight excluding hydrogens is 250 g/mol. The molecule has 2 aromatic rings. The van der Waals surface area contributed by atoms with Gasteiger partial charge in [-0.3, -0.25) is 14.8 Å². The number of hydrogen-bond donors (Lipinski definition) is 0. The maximum atomic E-state index is 12.0. The highest BCUT2D eigenvalue weighted by Crippen LogP contribution is 2.03. The second kappa shape index (κ2) is 7.38. The first-order valence-electron chi connectivity index (χ1n) is 6.78. The number of carbonyl (C=O) groups is 1. The van der Waals surface area contributed by atoms with Crippen LogP contribution < -0.4 is 0 Å². The average Bonchev–Trinajstić information content (AvgIpc) is 2.52. The Hall–Kier alpha value is -2.23. The Labute approximate surface area is 119 Å². The third-order valence-corrected chi connectivity index (χ3v) is 3.23. The van der Waals surface area contributed by atoms with Crippen molar-refractivity contribution in [3.63, 3.8) is 0 Å². The minimum Gasteiger partial charge on any atom is -0.345 e. The van der Waals surface area contributed by atoms with Crippen molar-refractivity contribution < 1.29 is 4.79 Å². The zero-order valence-corrected chi connectivity index (χ0v) is 11.7. The van der Waals surface area contributed by atoms with Crippen LogP contribution in [-0.4, -0.2) is 34.4 Å². The Morgan fingerprint density at radius 3 is 2.60 bits per heavy atom. The van der Waals surface area contributed by atoms with Gasteiger partial charge in [0.25, 0.3) is 0 Å². The lowest BCUT2D eigenvalue weighted by Gasteiger charge is -2.17. The maximum Gasteiger partial charge on any atom is 0.222 e. The molecular formula is C16H19N3O. The summed E-state index contributed by atoms with van der Waals surface area (Å²) in [6, 6.07) is 9.73. The van der Waals surface area contributed by atoms with Gasteiger partial charge in [-0.1, -0.05) is 6.07 Å². The number of rotatable bonds is 6. The van der Waals surface area contributed by atoms with E-state index < -0.39 is 0 Å². The molecule has 2 aromatic heterocycles. The predicted octanol–water partition coefficient (Wildman–Crippen LogP) is 2.11. The van der Waals surface area contributed by atoms with Crippen molar-refractivity contribution >= 4 is 5.91 Å². The van der Waals surface area contributed by atoms with Crippen LogP contribution in [0.25, 0.3) is 0 Å². The lowest BCUT2D eigenvalue weighted by Crippen LogP contribution is -2.29. The molecule has 0 saturated carbocycles. The van der Waals surface area contributed by atoms with Gasteiger partial charge >= 0.3 is 0 Å². The average molecular weight is 269 g/mol. The number of nitrogens with zero attached hydrogens (tertiary/aromatic N) is 3. The van der Waals surface area contributed by atoms with E-state index in [-0.39, 0.29) is 5.91 Å². The first-order chi connectivity index (χ1) is 9.75. The third kappa shape index (κ3) is 4.46. The number of hydrogen-bond acceptors (Lipinski definition) is 3. The summed E-state index contributed by atoms with van der Waals surface area (Å²) in [6.07, 6.45) is 7.36. The monoisotopic (exact) mass is 269 g/mol. The standard InChI is InChI=1S/C16H19N3O/c1-19(13-9-14-7-11-17-12-8-14)16(20)6-5-15-4-2-3-10-18-15/h2-4,7-8,10-12H,5-6,9,13H2,1H3. The summed E-state index contributed by atoms with van der Waals surface area (Å²) in [4.78, 5) is 22.0. The summed E-state index contributed by atoms with van der Waals surface area (Å²) < 4.78 is 0. The van der Waals surface area contributed by atoms with Crippen molar-refractivity contribution in [2.24, 2.45) is 0 Å². The number of amides is 1. The third-order valence-electron chi connectivity index (χ3n) is 3.23. The van der Waals surface area contributed by atoms with Gasteiger partial charge in [0.1, 0.15) is 0 Å². The number of aryl methyl sites for hydroxylation is 1. The fraction of sp³-hybridized carbons (Fsp3) is 0.312. The SMILES string of the molecule is CN(CCc1ccncc1)C(=O)CCc1ccccn1. The smallest absolute Gasteiger partial charge is 0.222 e. The van der Waals surface area contributed by atoms with E-state index in [0.717, 1.165) is 18.7 Å². The quantitative estimate of drug-likeness (QED) is 0.807. The Morgan fingerprint density at radius 1 is 1.10 bits per heavy atom. The molecule has 2 rings (SSSR count). The van der Waals surface area contributed by atoms with Crippen LogP contribution in [0.3, 0.4) is 0 Å². The molecule has 0 aromatic carbocycles. The highest BCUT2D eigenvalue weighted by Gasteiger charge is 2.09. The number of carbonyl (C=O) groups excluding carboxylic acids is 1. The summed E-state index contributed by atoms with van der Waals surface area (Å²) in [5, 5.41) is 0. The topological polar surface area (TPSA) is 46.1 Å². The summed E-state index contributed by atoms with van der Waals surface area (Å²) in [5.41, 5.74) is 2.16. The molecule has 0 aliphatic rings. The van der Waals surface area contributed by atoms with Crippen molar-refractivity contribution in [2.45, 2.75) is 19.3 Å². The second-order valence-corrected chi connectivity index (χ2v) is 4.74. The molecule has 0 aliphatic carbocycles. The zero-order chi connectivity index (χ0) is 14.2. The first kappa shape index (κ1) is 14.2. The summed E-state index contributed by atoms with van der Waals surface area (Å²) in [5.74, 6) is 0.157. The molecule has 0 bridgehead atoms. The summed E-state index contributed by atoms with van der Waals surface area (Å²) >= 11 is 0. The summed E-state index contributed by atoms with van der Waals surface area (Å²) in [7, 11) is 1.85. The Kier molecular flexibility index (Phi) is 5.24. The van der Waals surface area contributed by atoms with Gasteiger partial charge in [-0.15, -0.1) is 0 Å². The molecule has 0 radical (unpaired) electrons. The lowest BCUT2D eigenvalue weighted by atomic mass is 10.1. The molecule has 0 aliphatic heterocycles. The molecule has 0 atom stereocenters. The van der Waals surface area contributed by atoms with Crippen LogP contribution in [0, 0.1) is 0 Å². The first-order valence-corrected chi connectivity index (χ1v) is 6.78. The van der Waals surface area contributed by atoms with Crippen molar-refractivity contribution in [3.05, 3.63) is 60.2 Å². The van der Waals surface area contributed by atoms with Gasteiger partial charge in [0.2, 0.25) is 5.91 Å². The van der Waals surface area contributed by atoms with Gasteiger partial charge in [-0.25, -0.2) is 0 Å². The molecule has 20 heavy (non-hydrogen) atoms. The van der Waals surface area contributed by atoms with E-state index in [9.17, 15) is 4.79 Å². The number of pyridine rings is 2. The fourth-order valence-corrected chi connectivity index (χ4v) is 1.94. The van der Waals surface area contributed by atoms with E-state index in [1.54, 1.807) is 23.5 Å². The number of likely N-dealkylation sites (N-methyl/N-ethyl adjacent to an activating group) is 1. The van der Waals surface area contributed by atoms with Crippen LogP contribution in [0.1, 0.15) is 17.7 Å². The molecule has 4 nitrogen and oxygen atoms in total. The summed E-state index contributed by atoms with van der Waals surface area (Å²) in [6.45, 7) is 0.727. The Balaban J connectivity index is 1.75.